The van der Waals surface area contributed by atoms with Gasteiger partial charge in [-0.15, -0.1) is 0 Å². The molecule has 0 spiro atoms. The number of nitrogens with one attached hydrogen (secondary N) is 3. The van der Waals surface area contributed by atoms with Crippen LogP contribution in [-0.4, -0.2) is 54.6 Å². The number of piperidine rings is 2. The van der Waals surface area contributed by atoms with Crippen molar-refractivity contribution < 1.29 is 4.74 Å². The Balaban J connectivity index is 1.43. The van der Waals surface area contributed by atoms with Gasteiger partial charge in [0.1, 0.15) is 17.5 Å². The summed E-state index contributed by atoms with van der Waals surface area (Å²) in [5.74, 6) is 3.04. The quantitative estimate of drug-likeness (QED) is 0.661. The maximum atomic E-state index is 7.90. The molecule has 2 atom stereocenters. The lowest BCUT2D eigenvalue weighted by Crippen LogP contribution is -2.57. The highest BCUT2D eigenvalue weighted by Gasteiger charge is 2.38. The Morgan fingerprint density at radius 3 is 2.57 bits per heavy atom. The summed E-state index contributed by atoms with van der Waals surface area (Å²) in [6.45, 7) is 8.00. The van der Waals surface area contributed by atoms with Gasteiger partial charge in [0, 0.05) is 43.0 Å². The van der Waals surface area contributed by atoms with E-state index in [2.05, 4.69) is 44.6 Å². The topological polar surface area (TPSA) is 86.2 Å². The van der Waals surface area contributed by atoms with E-state index in [-0.39, 0.29) is 0 Å². The van der Waals surface area contributed by atoms with Gasteiger partial charge in [0.15, 0.2) is 0 Å². The van der Waals surface area contributed by atoms with Gasteiger partial charge in [-0.1, -0.05) is 0 Å². The van der Waals surface area contributed by atoms with Gasteiger partial charge in [-0.05, 0) is 69.0 Å². The van der Waals surface area contributed by atoms with Gasteiger partial charge in [-0.2, -0.15) is 0 Å². The first-order chi connectivity index (χ1) is 14.6. The summed E-state index contributed by atoms with van der Waals surface area (Å²) >= 11 is 0. The molecule has 5 heterocycles. The summed E-state index contributed by atoms with van der Waals surface area (Å²) in [6.07, 6.45) is 5.57. The molecule has 0 saturated carbocycles. The fourth-order valence-corrected chi connectivity index (χ4v) is 5.01. The fraction of sp³-hybridized carbons (Fsp3) is 0.522. The molecule has 4 fully saturated rings. The minimum Gasteiger partial charge on any atom is -0.371 e. The van der Waals surface area contributed by atoms with Crippen molar-refractivity contribution in [1.82, 2.24) is 15.3 Å². The summed E-state index contributed by atoms with van der Waals surface area (Å²) in [5, 5.41) is 14.8. The molecule has 7 heteroatoms. The Bertz CT molecular complexity index is 939. The third kappa shape index (κ3) is 3.79. The molecule has 0 radical (unpaired) electrons. The predicted octanol–water partition coefficient (Wildman–Crippen LogP) is 3.28. The van der Waals surface area contributed by atoms with E-state index in [1.807, 2.05) is 13.0 Å². The zero-order chi connectivity index (χ0) is 20.7. The van der Waals surface area contributed by atoms with Crippen LogP contribution in [0.5, 0.6) is 0 Å². The number of anilines is 3. The van der Waals surface area contributed by atoms with Crippen molar-refractivity contribution in [2.24, 2.45) is 0 Å². The SMILES string of the molecule is Cc1nc(Nc2cc(C3CCNCC3)c(C)cc2C=N)cc(N2CC3CC(C2)O3)n1. The fourth-order valence-electron chi connectivity index (χ4n) is 5.01. The van der Waals surface area contributed by atoms with E-state index in [4.69, 9.17) is 10.1 Å². The highest BCUT2D eigenvalue weighted by atomic mass is 16.5. The Morgan fingerprint density at radius 1 is 1.13 bits per heavy atom. The molecule has 30 heavy (non-hydrogen) atoms. The Hall–Kier alpha value is -2.51. The molecule has 7 nitrogen and oxygen atoms in total. The van der Waals surface area contributed by atoms with Gasteiger partial charge < -0.3 is 25.7 Å². The molecule has 3 N–H and O–H groups in total. The first-order valence-corrected chi connectivity index (χ1v) is 11.0. The average molecular weight is 407 g/mol. The molecule has 4 aliphatic rings. The first-order valence-electron chi connectivity index (χ1n) is 11.0. The molecular formula is C23H30N6O. The van der Waals surface area contributed by atoms with Gasteiger partial charge in [-0.25, -0.2) is 9.97 Å². The van der Waals surface area contributed by atoms with E-state index < -0.39 is 0 Å². The molecular weight excluding hydrogens is 376 g/mol. The van der Waals surface area contributed by atoms with Crippen LogP contribution in [0, 0.1) is 19.3 Å². The number of hydrogen-bond donors (Lipinski definition) is 3. The number of rotatable bonds is 5. The second-order valence-electron chi connectivity index (χ2n) is 8.77. The summed E-state index contributed by atoms with van der Waals surface area (Å²) < 4.78 is 5.77. The number of morpholine rings is 1. The van der Waals surface area contributed by atoms with Gasteiger partial charge in [-0.3, -0.25) is 0 Å². The lowest BCUT2D eigenvalue weighted by molar-refractivity contribution is -0.133. The molecule has 158 valence electrons. The summed E-state index contributed by atoms with van der Waals surface area (Å²) in [6, 6.07) is 6.37. The number of nitrogens with zero attached hydrogens (tertiary/aromatic N) is 3. The van der Waals surface area contributed by atoms with E-state index in [1.54, 1.807) is 0 Å². The van der Waals surface area contributed by atoms with E-state index in [0.717, 1.165) is 74.2 Å². The van der Waals surface area contributed by atoms with E-state index >= 15 is 0 Å². The second kappa shape index (κ2) is 7.96. The predicted molar refractivity (Wildman–Crippen MR) is 119 cm³/mol. The molecule has 2 aromatic rings. The molecule has 2 bridgehead atoms. The Kier molecular flexibility index (Phi) is 5.16. The molecule has 6 rings (SSSR count). The van der Waals surface area contributed by atoms with Crippen molar-refractivity contribution in [2.75, 3.05) is 36.4 Å². The molecule has 1 aromatic carbocycles. The Morgan fingerprint density at radius 2 is 1.87 bits per heavy atom. The molecule has 4 aliphatic heterocycles. The lowest BCUT2D eigenvalue weighted by atomic mass is 9.86. The molecule has 4 saturated heterocycles. The minimum absolute atomic E-state index is 0.338. The Labute approximate surface area is 177 Å². The number of benzene rings is 1. The zero-order valence-corrected chi connectivity index (χ0v) is 17.7. The minimum atomic E-state index is 0.338. The maximum absolute atomic E-state index is 7.90. The van der Waals surface area contributed by atoms with Crippen molar-refractivity contribution in [3.63, 3.8) is 0 Å². The maximum Gasteiger partial charge on any atom is 0.136 e. The number of aromatic nitrogens is 2. The standard InChI is InChI=1S/C23H30N6O/c1-14-7-17(11-24)21(9-20(14)16-3-5-25-6-4-16)28-22-10-23(27-15(2)26-22)29-12-18-8-19(13-29)30-18/h7,9-11,16,18-19,24-25H,3-6,8,12-13H2,1-2H3,(H,26,27,28). The summed E-state index contributed by atoms with van der Waals surface area (Å²) in [7, 11) is 0. The highest BCUT2D eigenvalue weighted by Crippen LogP contribution is 2.34. The van der Waals surface area contributed by atoms with Crippen LogP contribution < -0.4 is 15.5 Å². The van der Waals surface area contributed by atoms with Crippen LogP contribution in [0.15, 0.2) is 18.2 Å². The first kappa shape index (κ1) is 19.5. The van der Waals surface area contributed by atoms with Crippen LogP contribution in [0.2, 0.25) is 0 Å². The number of hydrogen-bond acceptors (Lipinski definition) is 7. The van der Waals surface area contributed by atoms with Crippen molar-refractivity contribution in [3.05, 3.63) is 40.7 Å². The van der Waals surface area contributed by atoms with Crippen molar-refractivity contribution in [1.29, 1.82) is 5.41 Å². The van der Waals surface area contributed by atoms with Gasteiger partial charge in [0.25, 0.3) is 0 Å². The smallest absolute Gasteiger partial charge is 0.136 e. The van der Waals surface area contributed by atoms with Crippen LogP contribution in [0.1, 0.15) is 47.7 Å². The van der Waals surface area contributed by atoms with Crippen molar-refractivity contribution in [3.8, 4) is 0 Å². The van der Waals surface area contributed by atoms with Crippen LogP contribution in [0.3, 0.4) is 0 Å². The molecule has 0 aliphatic carbocycles. The molecule has 0 amide bonds. The number of fused-ring (bicyclic) bond motifs is 2. The van der Waals surface area contributed by atoms with Crippen LogP contribution >= 0.6 is 0 Å². The lowest BCUT2D eigenvalue weighted by Gasteiger charge is -2.47. The number of aryl methyl sites for hydroxylation is 2. The molecule has 2 unspecified atom stereocenters. The second-order valence-corrected chi connectivity index (χ2v) is 8.77. The largest absolute Gasteiger partial charge is 0.371 e. The van der Waals surface area contributed by atoms with E-state index in [0.29, 0.717) is 18.1 Å². The number of ether oxygens (including phenoxy) is 1. The van der Waals surface area contributed by atoms with Crippen LogP contribution in [-0.2, 0) is 4.74 Å². The average Bonchev–Trinajstić information content (AvgIpc) is 2.74. The third-order valence-corrected chi connectivity index (χ3v) is 6.54. The normalized spacial score (nSPS) is 23.7. The van der Waals surface area contributed by atoms with Crippen LogP contribution in [0.4, 0.5) is 17.3 Å². The zero-order valence-electron chi connectivity index (χ0n) is 17.7. The van der Waals surface area contributed by atoms with Crippen molar-refractivity contribution in [2.45, 2.75) is 51.2 Å². The highest BCUT2D eigenvalue weighted by molar-refractivity contribution is 5.88. The van der Waals surface area contributed by atoms with Gasteiger partial charge in [0.05, 0.1) is 12.2 Å². The monoisotopic (exact) mass is 406 g/mol. The van der Waals surface area contributed by atoms with Gasteiger partial charge in [0.2, 0.25) is 0 Å². The third-order valence-electron chi connectivity index (χ3n) is 6.54. The van der Waals surface area contributed by atoms with E-state index in [1.165, 1.54) is 17.3 Å². The van der Waals surface area contributed by atoms with Gasteiger partial charge >= 0.3 is 0 Å². The van der Waals surface area contributed by atoms with Crippen LogP contribution in [0.25, 0.3) is 0 Å². The van der Waals surface area contributed by atoms with Crippen molar-refractivity contribution >= 4 is 23.5 Å². The van der Waals surface area contributed by atoms with E-state index in [9.17, 15) is 0 Å². The molecule has 1 aromatic heterocycles. The summed E-state index contributed by atoms with van der Waals surface area (Å²) in [5.41, 5.74) is 4.47. The summed E-state index contributed by atoms with van der Waals surface area (Å²) in [4.78, 5) is 11.6.